The minimum absolute atomic E-state index is 0.115. The molecule has 1 aromatic carbocycles. The maximum atomic E-state index is 11.3. The van der Waals surface area contributed by atoms with Gasteiger partial charge in [0.2, 0.25) is 0 Å². The van der Waals surface area contributed by atoms with E-state index in [2.05, 4.69) is 0 Å². The predicted molar refractivity (Wildman–Crippen MR) is 81.5 cm³/mol. The van der Waals surface area contributed by atoms with Crippen molar-refractivity contribution in [2.45, 2.75) is 42.8 Å². The van der Waals surface area contributed by atoms with Crippen molar-refractivity contribution in [3.8, 4) is 0 Å². The van der Waals surface area contributed by atoms with Crippen LogP contribution < -0.4 is 0 Å². The summed E-state index contributed by atoms with van der Waals surface area (Å²) in [6.45, 7) is 3.78. The van der Waals surface area contributed by atoms with E-state index in [1.165, 1.54) is 13.8 Å². The van der Waals surface area contributed by atoms with E-state index in [1.807, 2.05) is 30.3 Å². The molecule has 1 aromatic rings. The van der Waals surface area contributed by atoms with Gasteiger partial charge in [-0.3, -0.25) is 0 Å². The molecule has 0 aromatic heterocycles. The third-order valence-corrected chi connectivity index (χ3v) is 6.06. The first-order valence-corrected chi connectivity index (χ1v) is 9.34. The fourth-order valence-electron chi connectivity index (χ4n) is 2.32. The van der Waals surface area contributed by atoms with Crippen LogP contribution in [-0.4, -0.2) is 45.7 Å². The molecule has 1 aliphatic rings. The summed E-state index contributed by atoms with van der Waals surface area (Å²) in [5, 5.41) is 0.754. The number of esters is 2. The van der Waals surface area contributed by atoms with Gasteiger partial charge in [0.05, 0.1) is 0 Å². The van der Waals surface area contributed by atoms with Gasteiger partial charge in [0.25, 0.3) is 0 Å². The van der Waals surface area contributed by atoms with Crippen molar-refractivity contribution in [2.24, 2.45) is 0 Å². The van der Waals surface area contributed by atoms with Crippen molar-refractivity contribution in [3.05, 3.63) is 35.9 Å². The molecule has 0 unspecified atom stereocenters. The number of hydrogen-bond acceptors (Lipinski definition) is 5. The second kappa shape index (κ2) is 8.32. The Balaban J connectivity index is 1.88. The molecule has 6 heteroatoms. The molecule has 1 heterocycles. The Morgan fingerprint density at radius 1 is 1.14 bits per heavy atom. The Kier molecular flexibility index (Phi) is 6.43. The average molecular weight is 371 g/mol. The van der Waals surface area contributed by atoms with E-state index in [0.29, 0.717) is 13.2 Å². The third kappa shape index (κ3) is 5.13. The van der Waals surface area contributed by atoms with Crippen LogP contribution in [0.3, 0.4) is 0 Å². The molecule has 22 heavy (non-hydrogen) atoms. The van der Waals surface area contributed by atoms with Crippen molar-refractivity contribution in [1.82, 2.24) is 0 Å². The molecule has 0 saturated carbocycles. The van der Waals surface area contributed by atoms with Crippen LogP contribution in [-0.2, 0) is 30.4 Å². The van der Waals surface area contributed by atoms with Crippen LogP contribution in [0.25, 0.3) is 0 Å². The Bertz CT molecular complexity index is 505. The average Bonchev–Trinajstić information content (AvgIpc) is 2.81. The summed E-state index contributed by atoms with van der Waals surface area (Å²) in [7, 11) is 0. The molecule has 1 aliphatic heterocycles. The summed E-state index contributed by atoms with van der Waals surface area (Å²) in [5.41, 5.74) is 1.11. The molecular formula is C16H20O5Se. The summed E-state index contributed by atoms with van der Waals surface area (Å²) < 4.78 is 16.4. The molecule has 0 N–H and O–H groups in total. The Hall–Kier alpha value is -1.36. The van der Waals surface area contributed by atoms with E-state index >= 15 is 0 Å². The van der Waals surface area contributed by atoms with E-state index < -0.39 is 6.10 Å². The van der Waals surface area contributed by atoms with E-state index in [9.17, 15) is 9.59 Å². The number of carbonyl (C=O) groups is 2. The first-order chi connectivity index (χ1) is 10.6. The van der Waals surface area contributed by atoms with Gasteiger partial charge in [0.1, 0.15) is 0 Å². The first-order valence-electron chi connectivity index (χ1n) is 7.14. The molecule has 5 nitrogen and oxygen atoms in total. The van der Waals surface area contributed by atoms with Crippen LogP contribution in [0.4, 0.5) is 0 Å². The third-order valence-electron chi connectivity index (χ3n) is 3.22. The van der Waals surface area contributed by atoms with Crippen molar-refractivity contribution < 1.29 is 23.8 Å². The van der Waals surface area contributed by atoms with Gasteiger partial charge >= 0.3 is 136 Å². The van der Waals surface area contributed by atoms with Gasteiger partial charge in [-0.1, -0.05) is 0 Å². The Morgan fingerprint density at radius 3 is 2.45 bits per heavy atom. The molecule has 3 atom stereocenters. The summed E-state index contributed by atoms with van der Waals surface area (Å²) in [6.07, 6.45) is -0.733. The van der Waals surface area contributed by atoms with Crippen molar-refractivity contribution in [2.75, 3.05) is 6.61 Å². The summed E-state index contributed by atoms with van der Waals surface area (Å²) in [6, 6.07) is 9.91. The molecule has 120 valence electrons. The number of ether oxygens (including phenoxy) is 3. The van der Waals surface area contributed by atoms with Gasteiger partial charge < -0.3 is 0 Å². The molecule has 2 rings (SSSR count). The second-order valence-electron chi connectivity index (χ2n) is 5.09. The fraction of sp³-hybridized carbons (Fsp3) is 0.500. The van der Waals surface area contributed by atoms with Crippen LogP contribution in [0.1, 0.15) is 19.4 Å². The second-order valence-corrected chi connectivity index (χ2v) is 7.76. The predicted octanol–water partition coefficient (Wildman–Crippen LogP) is 1.99. The fourth-order valence-corrected chi connectivity index (χ4v) is 5.06. The summed E-state index contributed by atoms with van der Waals surface area (Å²) in [4.78, 5) is 22.5. The van der Waals surface area contributed by atoms with Crippen LogP contribution in [0, 0.1) is 0 Å². The topological polar surface area (TPSA) is 61.8 Å². The van der Waals surface area contributed by atoms with Crippen LogP contribution in [0.5, 0.6) is 0 Å². The number of carbonyl (C=O) groups excluding carboxylic acids is 2. The van der Waals surface area contributed by atoms with Gasteiger partial charge in [0.15, 0.2) is 0 Å². The SMILES string of the molecule is CC(=O)O[C@H]1[C@H](COCc2ccccc2)[Se]C[C@H]1OC(C)=O. The zero-order valence-corrected chi connectivity index (χ0v) is 14.4. The van der Waals surface area contributed by atoms with Crippen LogP contribution >= 0.6 is 0 Å². The van der Waals surface area contributed by atoms with Gasteiger partial charge in [-0.05, 0) is 0 Å². The summed E-state index contributed by atoms with van der Waals surface area (Å²) in [5.74, 6) is -0.697. The molecule has 1 saturated heterocycles. The van der Waals surface area contributed by atoms with Gasteiger partial charge in [-0.25, -0.2) is 0 Å². The molecule has 1 fully saturated rings. The minimum atomic E-state index is -0.392. The van der Waals surface area contributed by atoms with Gasteiger partial charge in [0, 0.05) is 0 Å². The molecule has 0 bridgehead atoms. The van der Waals surface area contributed by atoms with Crippen molar-refractivity contribution in [3.63, 3.8) is 0 Å². The van der Waals surface area contributed by atoms with Gasteiger partial charge in [-0.15, -0.1) is 0 Å². The number of rotatable bonds is 6. The molecule has 0 radical (unpaired) electrons. The standard InChI is InChI=1S/C16H20O5Se/c1-11(17)20-14-10-22-15(16(14)21-12(2)18)9-19-8-13-6-4-3-5-7-13/h3-7,14-16H,8-10H2,1-2H3/t14-,15+,16-/m1/s1. The Labute approximate surface area is 136 Å². The maximum absolute atomic E-state index is 11.3. The summed E-state index contributed by atoms with van der Waals surface area (Å²) >= 11 is 0.219. The van der Waals surface area contributed by atoms with E-state index in [4.69, 9.17) is 14.2 Å². The zero-order valence-electron chi connectivity index (χ0n) is 12.7. The van der Waals surface area contributed by atoms with E-state index in [-0.39, 0.29) is 37.8 Å². The van der Waals surface area contributed by atoms with Crippen molar-refractivity contribution in [1.29, 1.82) is 0 Å². The monoisotopic (exact) mass is 372 g/mol. The quantitative estimate of drug-likeness (QED) is 0.565. The van der Waals surface area contributed by atoms with E-state index in [0.717, 1.165) is 10.9 Å². The molecular weight excluding hydrogens is 351 g/mol. The van der Waals surface area contributed by atoms with Crippen molar-refractivity contribution >= 4 is 26.9 Å². The van der Waals surface area contributed by atoms with Gasteiger partial charge in [-0.2, -0.15) is 0 Å². The molecule has 0 aliphatic carbocycles. The van der Waals surface area contributed by atoms with Crippen LogP contribution in [0.2, 0.25) is 10.1 Å². The number of hydrogen-bond donors (Lipinski definition) is 0. The Morgan fingerprint density at radius 2 is 1.82 bits per heavy atom. The number of benzene rings is 1. The van der Waals surface area contributed by atoms with Crippen LogP contribution in [0.15, 0.2) is 30.3 Å². The zero-order chi connectivity index (χ0) is 15.9. The molecule has 0 amide bonds. The first kappa shape index (κ1) is 17.0. The molecule has 0 spiro atoms. The van der Waals surface area contributed by atoms with E-state index in [1.54, 1.807) is 0 Å². The normalized spacial score (nSPS) is 24.0.